The molecule has 112 valence electrons. The summed E-state index contributed by atoms with van der Waals surface area (Å²) in [5, 5.41) is 6.26. The van der Waals surface area contributed by atoms with E-state index in [0.29, 0.717) is 25.5 Å². The van der Waals surface area contributed by atoms with Gasteiger partial charge in [0, 0.05) is 40.1 Å². The van der Waals surface area contributed by atoms with E-state index in [9.17, 15) is 9.00 Å². The number of rotatable bonds is 6. The first-order valence-corrected chi connectivity index (χ1v) is 9.25. The van der Waals surface area contributed by atoms with Gasteiger partial charge in [-0.25, -0.2) is 4.98 Å². The molecule has 1 aromatic heterocycles. The second-order valence-electron chi connectivity index (χ2n) is 4.72. The Hall–Kier alpha value is -0.950. The zero-order chi connectivity index (χ0) is 14.4. The molecule has 0 atom stereocenters. The first-order valence-electron chi connectivity index (χ1n) is 6.89. The number of aromatic nitrogens is 1. The third-order valence-electron chi connectivity index (χ3n) is 3.16. The molecule has 0 aliphatic carbocycles. The summed E-state index contributed by atoms with van der Waals surface area (Å²) in [4.78, 5) is 15.8. The van der Waals surface area contributed by atoms with Crippen LogP contribution >= 0.6 is 11.3 Å². The molecule has 2 heterocycles. The van der Waals surface area contributed by atoms with Gasteiger partial charge in [-0.3, -0.25) is 9.00 Å². The van der Waals surface area contributed by atoms with Crippen molar-refractivity contribution in [3.8, 4) is 0 Å². The van der Waals surface area contributed by atoms with Crippen molar-refractivity contribution < 1.29 is 13.7 Å². The van der Waals surface area contributed by atoms with E-state index in [0.717, 1.165) is 35.2 Å². The molecule has 0 aromatic carbocycles. The van der Waals surface area contributed by atoms with E-state index in [1.807, 2.05) is 5.38 Å². The van der Waals surface area contributed by atoms with Crippen molar-refractivity contribution in [2.24, 2.45) is 0 Å². The van der Waals surface area contributed by atoms with Gasteiger partial charge in [0.15, 0.2) is 5.13 Å². The zero-order valence-corrected chi connectivity index (χ0v) is 13.2. The lowest BCUT2D eigenvalue weighted by atomic mass is 10.2. The minimum absolute atomic E-state index is 0.176. The average Bonchev–Trinajstić information content (AvgIpc) is 2.87. The quantitative estimate of drug-likeness (QED) is 0.813. The molecule has 5 nitrogen and oxygen atoms in total. The minimum atomic E-state index is -0.633. The number of anilines is 1. The first kappa shape index (κ1) is 15.4. The molecule has 0 unspecified atom stereocenters. The lowest BCUT2D eigenvalue weighted by Crippen LogP contribution is -2.29. The molecular weight excluding hydrogens is 296 g/mol. The molecule has 0 radical (unpaired) electrons. The maximum atomic E-state index is 11.3. The highest BCUT2D eigenvalue weighted by Crippen LogP contribution is 2.21. The van der Waals surface area contributed by atoms with Crippen LogP contribution in [0, 0.1) is 0 Å². The van der Waals surface area contributed by atoms with Crippen molar-refractivity contribution >= 4 is 33.2 Å². The van der Waals surface area contributed by atoms with Crippen LogP contribution in [0.3, 0.4) is 0 Å². The van der Waals surface area contributed by atoms with E-state index >= 15 is 0 Å². The molecule has 1 aromatic rings. The zero-order valence-electron chi connectivity index (χ0n) is 11.6. The lowest BCUT2D eigenvalue weighted by Gasteiger charge is -2.21. The van der Waals surface area contributed by atoms with Crippen molar-refractivity contribution in [3.05, 3.63) is 11.1 Å². The fourth-order valence-corrected chi connectivity index (χ4v) is 4.19. The van der Waals surface area contributed by atoms with Crippen LogP contribution in [0.4, 0.5) is 5.13 Å². The summed E-state index contributed by atoms with van der Waals surface area (Å²) < 4.78 is 16.2. The van der Waals surface area contributed by atoms with E-state index in [4.69, 9.17) is 4.74 Å². The summed E-state index contributed by atoms with van der Waals surface area (Å²) in [5.41, 5.74) is 0.921. The molecule has 1 saturated heterocycles. The monoisotopic (exact) mass is 316 g/mol. The van der Waals surface area contributed by atoms with Gasteiger partial charge in [0.05, 0.1) is 18.7 Å². The van der Waals surface area contributed by atoms with E-state index in [-0.39, 0.29) is 5.97 Å². The summed E-state index contributed by atoms with van der Waals surface area (Å²) in [6.07, 6.45) is 2.86. The van der Waals surface area contributed by atoms with Gasteiger partial charge >= 0.3 is 5.97 Å². The molecule has 0 amide bonds. The van der Waals surface area contributed by atoms with Gasteiger partial charge in [-0.2, -0.15) is 0 Å². The second-order valence-corrected chi connectivity index (χ2v) is 7.27. The summed E-state index contributed by atoms with van der Waals surface area (Å²) in [6, 6.07) is 0.372. The number of carbonyl (C=O) groups excluding carboxylic acids is 1. The van der Waals surface area contributed by atoms with Gasteiger partial charge in [-0.1, -0.05) is 0 Å². The Kier molecular flexibility index (Phi) is 5.97. The summed E-state index contributed by atoms with van der Waals surface area (Å²) >= 11 is 1.56. The maximum absolute atomic E-state index is 11.3. The Bertz CT molecular complexity index is 466. The third-order valence-corrected chi connectivity index (χ3v) is 5.36. The van der Waals surface area contributed by atoms with Crippen LogP contribution in [0.2, 0.25) is 0 Å². The minimum Gasteiger partial charge on any atom is -0.466 e. The van der Waals surface area contributed by atoms with Crippen LogP contribution in [0.5, 0.6) is 0 Å². The van der Waals surface area contributed by atoms with Gasteiger partial charge in [0.1, 0.15) is 0 Å². The number of aryl methyl sites for hydroxylation is 1. The molecule has 1 aliphatic heterocycles. The van der Waals surface area contributed by atoms with Crippen molar-refractivity contribution in [3.63, 3.8) is 0 Å². The smallest absolute Gasteiger partial charge is 0.306 e. The van der Waals surface area contributed by atoms with Crippen LogP contribution < -0.4 is 5.32 Å². The van der Waals surface area contributed by atoms with Gasteiger partial charge < -0.3 is 10.1 Å². The molecular formula is C13H20N2O3S2. The topological polar surface area (TPSA) is 68.3 Å². The highest BCUT2D eigenvalue weighted by molar-refractivity contribution is 7.85. The fraction of sp³-hybridized carbons (Fsp3) is 0.692. The predicted octanol–water partition coefficient (Wildman–Crippen LogP) is 1.96. The molecule has 0 bridgehead atoms. The normalized spacial score (nSPS) is 22.4. The molecule has 1 fully saturated rings. The van der Waals surface area contributed by atoms with Crippen LogP contribution in [0.1, 0.15) is 31.9 Å². The van der Waals surface area contributed by atoms with Gasteiger partial charge in [0.2, 0.25) is 0 Å². The fourth-order valence-electron chi connectivity index (χ4n) is 2.06. The predicted molar refractivity (Wildman–Crippen MR) is 81.6 cm³/mol. The second kappa shape index (κ2) is 7.73. The number of thiazole rings is 1. The Morgan fingerprint density at radius 3 is 3.00 bits per heavy atom. The van der Waals surface area contributed by atoms with Crippen molar-refractivity contribution in [2.45, 2.75) is 38.6 Å². The highest BCUT2D eigenvalue weighted by atomic mass is 32.2. The largest absolute Gasteiger partial charge is 0.466 e. The van der Waals surface area contributed by atoms with E-state index in [1.54, 1.807) is 18.3 Å². The Morgan fingerprint density at radius 1 is 1.55 bits per heavy atom. The molecule has 0 saturated carbocycles. The van der Waals surface area contributed by atoms with Crippen molar-refractivity contribution in [1.82, 2.24) is 4.98 Å². The summed E-state index contributed by atoms with van der Waals surface area (Å²) in [7, 11) is -0.633. The maximum Gasteiger partial charge on any atom is 0.306 e. The van der Waals surface area contributed by atoms with Gasteiger partial charge in [-0.05, 0) is 19.8 Å². The molecule has 1 N–H and O–H groups in total. The SMILES string of the molecule is CCOC(=O)CCc1csc(NC2CCS(=O)CC2)n1. The number of hydrogen-bond acceptors (Lipinski definition) is 6. The number of esters is 1. The van der Waals surface area contributed by atoms with Gasteiger partial charge in [0.25, 0.3) is 0 Å². The van der Waals surface area contributed by atoms with Crippen LogP contribution in [-0.2, 0) is 26.8 Å². The van der Waals surface area contributed by atoms with Crippen molar-refractivity contribution in [1.29, 1.82) is 0 Å². The third kappa shape index (κ3) is 4.86. The Labute approximate surface area is 125 Å². The van der Waals surface area contributed by atoms with Gasteiger partial charge in [-0.15, -0.1) is 11.3 Å². The lowest BCUT2D eigenvalue weighted by molar-refractivity contribution is -0.143. The standard InChI is InChI=1S/C13H20N2O3S2/c1-2-18-12(16)4-3-11-9-19-13(15-11)14-10-5-7-20(17)8-6-10/h9-10H,2-8H2,1H3,(H,14,15). The van der Waals surface area contributed by atoms with E-state index in [1.165, 1.54) is 0 Å². The molecule has 0 spiro atoms. The highest BCUT2D eigenvalue weighted by Gasteiger charge is 2.18. The van der Waals surface area contributed by atoms with Crippen LogP contribution in [0.15, 0.2) is 5.38 Å². The van der Waals surface area contributed by atoms with Crippen LogP contribution in [0.25, 0.3) is 0 Å². The first-order chi connectivity index (χ1) is 9.67. The number of ether oxygens (including phenoxy) is 1. The molecule has 1 aliphatic rings. The molecule has 7 heteroatoms. The number of nitrogens with one attached hydrogen (secondary N) is 1. The Balaban J connectivity index is 1.77. The van der Waals surface area contributed by atoms with E-state index < -0.39 is 10.8 Å². The van der Waals surface area contributed by atoms with Crippen molar-refractivity contribution in [2.75, 3.05) is 23.4 Å². The average molecular weight is 316 g/mol. The number of hydrogen-bond donors (Lipinski definition) is 1. The summed E-state index contributed by atoms with van der Waals surface area (Å²) in [5.74, 6) is 1.38. The molecule has 20 heavy (non-hydrogen) atoms. The number of carbonyl (C=O) groups is 1. The molecule has 2 rings (SSSR count). The Morgan fingerprint density at radius 2 is 2.30 bits per heavy atom. The van der Waals surface area contributed by atoms with Crippen LogP contribution in [-0.4, -0.2) is 39.3 Å². The summed E-state index contributed by atoms with van der Waals surface area (Å²) in [6.45, 7) is 2.23. The van der Waals surface area contributed by atoms with E-state index in [2.05, 4.69) is 10.3 Å². The number of nitrogens with zero attached hydrogens (tertiary/aromatic N) is 1.